The van der Waals surface area contributed by atoms with Gasteiger partial charge in [-0.2, -0.15) is 0 Å². The molecule has 1 aliphatic heterocycles. The van der Waals surface area contributed by atoms with Gasteiger partial charge in [0, 0.05) is 7.11 Å². The van der Waals surface area contributed by atoms with Gasteiger partial charge in [-0.3, -0.25) is 0 Å². The molecule has 3 unspecified atom stereocenters. The molecule has 3 heteroatoms. The summed E-state index contributed by atoms with van der Waals surface area (Å²) in [5, 5.41) is 14.1. The minimum Gasteiger partial charge on any atom is -0.385 e. The monoisotopic (exact) mass is 235 g/mol. The number of rotatable bonds is 3. The Morgan fingerprint density at radius 2 is 2.18 bits per heavy atom. The molecule has 94 valence electrons. The largest absolute Gasteiger partial charge is 0.385 e. The summed E-state index contributed by atoms with van der Waals surface area (Å²) >= 11 is 0. The molecule has 0 bridgehead atoms. The first-order valence-electron chi connectivity index (χ1n) is 6.13. The van der Waals surface area contributed by atoms with Crippen molar-refractivity contribution in [3.8, 4) is 0 Å². The van der Waals surface area contributed by atoms with Crippen LogP contribution in [0.5, 0.6) is 0 Å². The third-order valence-electron chi connectivity index (χ3n) is 3.87. The molecule has 0 amide bonds. The minimum absolute atomic E-state index is 0.0672. The van der Waals surface area contributed by atoms with E-state index < -0.39 is 5.60 Å². The number of benzene rings is 1. The van der Waals surface area contributed by atoms with E-state index >= 15 is 0 Å². The molecule has 1 aliphatic rings. The van der Waals surface area contributed by atoms with Crippen molar-refractivity contribution < 1.29 is 9.84 Å². The van der Waals surface area contributed by atoms with Crippen LogP contribution < -0.4 is 5.32 Å². The first kappa shape index (κ1) is 12.6. The number of nitrogens with one attached hydrogen (secondary N) is 1. The Labute approximate surface area is 103 Å². The summed E-state index contributed by atoms with van der Waals surface area (Å²) in [6, 6.07) is 8.23. The lowest BCUT2D eigenvalue weighted by Crippen LogP contribution is -2.51. The van der Waals surface area contributed by atoms with Crippen molar-refractivity contribution in [2.75, 3.05) is 13.7 Å². The van der Waals surface area contributed by atoms with Gasteiger partial charge in [-0.1, -0.05) is 24.3 Å². The maximum absolute atomic E-state index is 10.7. The van der Waals surface area contributed by atoms with Crippen LogP contribution in [0, 0.1) is 0 Å². The summed E-state index contributed by atoms with van der Waals surface area (Å²) in [6.07, 6.45) is 0.801. The van der Waals surface area contributed by atoms with E-state index in [1.807, 2.05) is 19.9 Å². The molecule has 2 N–H and O–H groups in total. The standard InChI is InChI=1S/C14H21NO2/c1-10(17-3)14(2,16)13-12-7-5-4-6-11(12)8-9-15-13/h4-7,10,13,15-16H,8-9H2,1-3H3. The van der Waals surface area contributed by atoms with E-state index in [0.29, 0.717) is 0 Å². The Hall–Kier alpha value is -0.900. The molecule has 0 aliphatic carbocycles. The summed E-state index contributed by atoms with van der Waals surface area (Å²) in [6.45, 7) is 4.63. The van der Waals surface area contributed by atoms with Crippen LogP contribution in [0.1, 0.15) is 31.0 Å². The molecule has 17 heavy (non-hydrogen) atoms. The summed E-state index contributed by atoms with van der Waals surface area (Å²) < 4.78 is 5.29. The normalized spacial score (nSPS) is 24.8. The second kappa shape index (κ2) is 4.77. The second-order valence-electron chi connectivity index (χ2n) is 4.94. The molecule has 3 atom stereocenters. The number of methoxy groups -OCH3 is 1. The zero-order valence-electron chi connectivity index (χ0n) is 10.7. The molecule has 0 saturated heterocycles. The fourth-order valence-electron chi connectivity index (χ4n) is 2.50. The van der Waals surface area contributed by atoms with Gasteiger partial charge in [0.1, 0.15) is 5.60 Å². The van der Waals surface area contributed by atoms with Crippen molar-refractivity contribution >= 4 is 0 Å². The van der Waals surface area contributed by atoms with E-state index in [2.05, 4.69) is 23.5 Å². The highest BCUT2D eigenvalue weighted by molar-refractivity contribution is 5.34. The van der Waals surface area contributed by atoms with E-state index in [0.717, 1.165) is 13.0 Å². The molecule has 1 aromatic rings. The molecule has 1 aromatic carbocycles. The molecular weight excluding hydrogens is 214 g/mol. The van der Waals surface area contributed by atoms with Crippen molar-refractivity contribution in [1.29, 1.82) is 0 Å². The highest BCUT2D eigenvalue weighted by Gasteiger charge is 2.40. The van der Waals surface area contributed by atoms with Gasteiger partial charge in [-0.15, -0.1) is 0 Å². The Morgan fingerprint density at radius 3 is 2.88 bits per heavy atom. The van der Waals surface area contributed by atoms with Crippen LogP contribution in [0.3, 0.4) is 0 Å². The van der Waals surface area contributed by atoms with Crippen molar-refractivity contribution in [2.24, 2.45) is 0 Å². The third kappa shape index (κ3) is 2.23. The topological polar surface area (TPSA) is 41.5 Å². The summed E-state index contributed by atoms with van der Waals surface area (Å²) in [5.41, 5.74) is 1.60. The van der Waals surface area contributed by atoms with Gasteiger partial charge in [-0.05, 0) is 37.9 Å². The Bertz CT molecular complexity index is 390. The van der Waals surface area contributed by atoms with Crippen LogP contribution in [-0.2, 0) is 11.2 Å². The van der Waals surface area contributed by atoms with E-state index in [-0.39, 0.29) is 12.1 Å². The van der Waals surface area contributed by atoms with Crippen LogP contribution in [0.2, 0.25) is 0 Å². The van der Waals surface area contributed by atoms with E-state index in [1.54, 1.807) is 7.11 Å². The number of aliphatic hydroxyl groups is 1. The zero-order chi connectivity index (χ0) is 12.5. The Morgan fingerprint density at radius 1 is 1.47 bits per heavy atom. The summed E-state index contributed by atoms with van der Waals surface area (Å²) in [7, 11) is 1.63. The molecule has 0 aromatic heterocycles. The quantitative estimate of drug-likeness (QED) is 0.837. The first-order valence-corrected chi connectivity index (χ1v) is 6.13. The highest BCUT2D eigenvalue weighted by Crippen LogP contribution is 2.34. The highest BCUT2D eigenvalue weighted by atomic mass is 16.5. The lowest BCUT2D eigenvalue weighted by atomic mass is 9.81. The fourth-order valence-corrected chi connectivity index (χ4v) is 2.50. The average Bonchev–Trinajstić information content (AvgIpc) is 2.37. The number of hydrogen-bond donors (Lipinski definition) is 2. The van der Waals surface area contributed by atoms with Crippen LogP contribution in [0.25, 0.3) is 0 Å². The minimum atomic E-state index is -0.911. The van der Waals surface area contributed by atoms with Crippen molar-refractivity contribution in [3.05, 3.63) is 35.4 Å². The molecule has 0 spiro atoms. The van der Waals surface area contributed by atoms with Gasteiger partial charge in [-0.25, -0.2) is 0 Å². The average molecular weight is 235 g/mol. The van der Waals surface area contributed by atoms with Gasteiger partial charge in [0.15, 0.2) is 0 Å². The molecule has 0 radical (unpaired) electrons. The second-order valence-corrected chi connectivity index (χ2v) is 4.94. The van der Waals surface area contributed by atoms with Crippen LogP contribution in [-0.4, -0.2) is 30.5 Å². The lowest BCUT2D eigenvalue weighted by Gasteiger charge is -2.40. The van der Waals surface area contributed by atoms with E-state index in [4.69, 9.17) is 4.74 Å². The SMILES string of the molecule is COC(C)C(C)(O)C1NCCc2ccccc21. The first-order chi connectivity index (χ1) is 8.07. The predicted octanol–water partition coefficient (Wildman–Crippen LogP) is 1.66. The Balaban J connectivity index is 2.35. The predicted molar refractivity (Wildman–Crippen MR) is 68.0 cm³/mol. The number of ether oxygens (including phenoxy) is 1. The molecule has 0 saturated carbocycles. The van der Waals surface area contributed by atoms with Gasteiger partial charge in [0.05, 0.1) is 12.1 Å². The van der Waals surface area contributed by atoms with Gasteiger partial charge in [0.25, 0.3) is 0 Å². The summed E-state index contributed by atoms with van der Waals surface area (Å²) in [4.78, 5) is 0. The molecule has 1 heterocycles. The van der Waals surface area contributed by atoms with Crippen molar-refractivity contribution in [2.45, 2.75) is 38.0 Å². The fraction of sp³-hybridized carbons (Fsp3) is 0.571. The van der Waals surface area contributed by atoms with Crippen LogP contribution in [0.4, 0.5) is 0 Å². The van der Waals surface area contributed by atoms with E-state index in [1.165, 1.54) is 11.1 Å². The van der Waals surface area contributed by atoms with E-state index in [9.17, 15) is 5.11 Å². The summed E-state index contributed by atoms with van der Waals surface area (Å²) in [5.74, 6) is 0. The number of fused-ring (bicyclic) bond motifs is 1. The third-order valence-corrected chi connectivity index (χ3v) is 3.87. The van der Waals surface area contributed by atoms with Gasteiger partial charge in [0.2, 0.25) is 0 Å². The maximum Gasteiger partial charge on any atom is 0.107 e. The van der Waals surface area contributed by atoms with Crippen molar-refractivity contribution in [1.82, 2.24) is 5.32 Å². The van der Waals surface area contributed by atoms with Gasteiger partial charge < -0.3 is 15.2 Å². The van der Waals surface area contributed by atoms with Crippen molar-refractivity contribution in [3.63, 3.8) is 0 Å². The molecule has 0 fully saturated rings. The molecular formula is C14H21NO2. The molecule has 2 rings (SSSR count). The van der Waals surface area contributed by atoms with Gasteiger partial charge >= 0.3 is 0 Å². The number of hydrogen-bond acceptors (Lipinski definition) is 3. The molecule has 3 nitrogen and oxygen atoms in total. The Kier molecular flexibility index (Phi) is 3.52. The van der Waals surface area contributed by atoms with Crippen LogP contribution >= 0.6 is 0 Å². The lowest BCUT2D eigenvalue weighted by molar-refractivity contribution is -0.0963. The maximum atomic E-state index is 10.7. The van der Waals surface area contributed by atoms with Crippen LogP contribution in [0.15, 0.2) is 24.3 Å². The smallest absolute Gasteiger partial charge is 0.107 e. The zero-order valence-corrected chi connectivity index (χ0v) is 10.7.